The molecular weight excluding hydrogens is 620 g/mol. The number of benzene rings is 3. The predicted molar refractivity (Wildman–Crippen MR) is 170 cm³/mol. The molecule has 0 aromatic heterocycles. The van der Waals surface area contributed by atoms with Crippen molar-refractivity contribution in [2.24, 2.45) is 0 Å². The van der Waals surface area contributed by atoms with Crippen molar-refractivity contribution in [1.29, 1.82) is 0 Å². The van der Waals surface area contributed by atoms with Crippen LogP contribution >= 0.6 is 11.6 Å². The smallest absolute Gasteiger partial charge is 0.257 e. The second kappa shape index (κ2) is 14.0. The van der Waals surface area contributed by atoms with Gasteiger partial charge in [0.1, 0.15) is 11.8 Å². The van der Waals surface area contributed by atoms with E-state index >= 15 is 0 Å². The van der Waals surface area contributed by atoms with Gasteiger partial charge in [-0.2, -0.15) is 0 Å². The van der Waals surface area contributed by atoms with E-state index < -0.39 is 85.0 Å². The summed E-state index contributed by atoms with van der Waals surface area (Å²) in [6, 6.07) is 6.99. The molecule has 0 fully saturated rings. The van der Waals surface area contributed by atoms with Crippen LogP contribution in [0.25, 0.3) is 0 Å². The first-order valence-electron chi connectivity index (χ1n) is 17.8. The van der Waals surface area contributed by atoms with E-state index in [2.05, 4.69) is 10.6 Å². The number of aryl methyl sites for hydroxylation is 2. The second-order valence-electron chi connectivity index (χ2n) is 10.2. The van der Waals surface area contributed by atoms with E-state index in [-0.39, 0.29) is 28.4 Å². The molecule has 0 bridgehead atoms. The number of anilines is 2. The molecule has 4 rings (SSSR count). The molecule has 3 aromatic carbocycles. The summed E-state index contributed by atoms with van der Waals surface area (Å²) < 4.78 is 89.0. The normalized spacial score (nSPS) is 17.8. The molecule has 13 nitrogen and oxygen atoms in total. The van der Waals surface area contributed by atoms with E-state index in [4.69, 9.17) is 47.7 Å². The first-order chi connectivity index (χ1) is 25.3. The van der Waals surface area contributed by atoms with Crippen molar-refractivity contribution in [3.05, 3.63) is 63.7 Å². The quantitative estimate of drug-likeness (QED) is 0.291. The fourth-order valence-corrected chi connectivity index (χ4v) is 4.99. The molecule has 46 heavy (non-hydrogen) atoms. The van der Waals surface area contributed by atoms with Crippen LogP contribution in [0.2, 0.25) is 5.02 Å². The lowest BCUT2D eigenvalue weighted by Crippen LogP contribution is -2.45. The minimum absolute atomic E-state index is 0.103. The number of methoxy groups -OCH3 is 3. The van der Waals surface area contributed by atoms with Crippen LogP contribution in [0.4, 0.5) is 11.4 Å². The van der Waals surface area contributed by atoms with Crippen molar-refractivity contribution in [2.45, 2.75) is 26.3 Å². The van der Waals surface area contributed by atoms with E-state index in [0.717, 1.165) is 21.1 Å². The number of carbonyl (C=O) groups is 4. The molecule has 4 amide bonds. The topological polar surface area (TPSA) is 145 Å². The summed E-state index contributed by atoms with van der Waals surface area (Å²) in [5.41, 5.74) is 0.469. The van der Waals surface area contributed by atoms with E-state index in [9.17, 15) is 19.2 Å². The third-order valence-electron chi connectivity index (χ3n) is 7.06. The van der Waals surface area contributed by atoms with Crippen molar-refractivity contribution in [1.82, 2.24) is 9.96 Å². The highest BCUT2D eigenvalue weighted by atomic mass is 35.5. The van der Waals surface area contributed by atoms with Crippen molar-refractivity contribution >= 4 is 46.6 Å². The van der Waals surface area contributed by atoms with Crippen LogP contribution in [0.15, 0.2) is 36.4 Å². The second-order valence-corrected chi connectivity index (χ2v) is 10.6. The van der Waals surface area contributed by atoms with Crippen molar-refractivity contribution < 1.29 is 55.3 Å². The van der Waals surface area contributed by atoms with Crippen molar-refractivity contribution in [3.63, 3.8) is 0 Å². The first kappa shape index (κ1) is 23.3. The summed E-state index contributed by atoms with van der Waals surface area (Å²) >= 11 is 6.46. The highest BCUT2D eigenvalue weighted by Crippen LogP contribution is 2.45. The number of nitrogens with one attached hydrogen (secondary N) is 2. The van der Waals surface area contributed by atoms with E-state index in [1.807, 2.05) is 6.07 Å². The number of ether oxygens (including phenoxy) is 4. The van der Waals surface area contributed by atoms with Gasteiger partial charge >= 0.3 is 0 Å². The van der Waals surface area contributed by atoms with Gasteiger partial charge in [-0.05, 0) is 55.3 Å². The highest BCUT2D eigenvalue weighted by molar-refractivity contribution is 6.36. The minimum Gasteiger partial charge on any atom is -0.493 e. The van der Waals surface area contributed by atoms with Crippen LogP contribution in [0.3, 0.4) is 0 Å². The summed E-state index contributed by atoms with van der Waals surface area (Å²) in [7, 11) is -6.02. The number of carbonyl (C=O) groups excluding carboxylic acids is 4. The Balaban J connectivity index is 1.90. The van der Waals surface area contributed by atoms with E-state index in [1.165, 1.54) is 33.3 Å². The van der Waals surface area contributed by atoms with Crippen LogP contribution < -0.4 is 29.6 Å². The number of rotatable bonds is 10. The van der Waals surface area contributed by atoms with Gasteiger partial charge in [0.25, 0.3) is 11.8 Å². The lowest BCUT2D eigenvalue weighted by molar-refractivity contribution is -0.170. The molecule has 0 saturated carbocycles. The average molecular weight is 664 g/mol. The maximum absolute atomic E-state index is 14.1. The molecule has 0 spiro atoms. The summed E-state index contributed by atoms with van der Waals surface area (Å²) in [5, 5.41) is 5.15. The highest BCUT2D eigenvalue weighted by Gasteiger charge is 2.36. The Morgan fingerprint density at radius 1 is 1.00 bits per heavy atom. The first-order valence-corrected chi connectivity index (χ1v) is 13.7. The molecule has 244 valence electrons. The molecule has 1 aliphatic rings. The molecule has 1 aliphatic heterocycles. The fraction of sp³-hybridized carbons (Fsp3) is 0.312. The lowest BCUT2D eigenvalue weighted by atomic mass is 10.1. The van der Waals surface area contributed by atoms with Gasteiger partial charge in [0.15, 0.2) is 17.2 Å². The van der Waals surface area contributed by atoms with Crippen molar-refractivity contribution in [2.75, 3.05) is 53.0 Å². The zero-order valence-corrected chi connectivity index (χ0v) is 26.0. The number of likely N-dealkylation sites (N-methyl/N-ethyl adjacent to an activating group) is 1. The van der Waals surface area contributed by atoms with Crippen LogP contribution in [-0.4, -0.2) is 82.0 Å². The molecule has 0 radical (unpaired) electrons. The summed E-state index contributed by atoms with van der Waals surface area (Å²) in [4.78, 5) is 59.9. The third kappa shape index (κ3) is 6.80. The largest absolute Gasteiger partial charge is 0.493 e. The molecule has 1 atom stereocenters. The zero-order valence-electron chi connectivity index (χ0n) is 34.2. The molecule has 3 aromatic rings. The Kier molecular flexibility index (Phi) is 7.08. The third-order valence-corrected chi connectivity index (χ3v) is 7.44. The fourth-order valence-electron chi connectivity index (χ4n) is 4.72. The Morgan fingerprint density at radius 2 is 1.67 bits per heavy atom. The molecule has 2 N–H and O–H groups in total. The number of fused-ring (bicyclic) bond motifs is 1. The molecule has 1 heterocycles. The maximum Gasteiger partial charge on any atom is 0.257 e. The van der Waals surface area contributed by atoms with Crippen LogP contribution in [0.5, 0.6) is 28.7 Å². The number of nitrogens with zero attached hydrogens (tertiary/aromatic N) is 2. The molecular formula is C32H35ClN4O9. The SMILES string of the molecule is [2H]C([2H])([2H])Oc1cc(C(=O)Nc2cc3c(cc2Oc2cc(C)cc(C)c2)C(=O)N(C)[C@@H](CC(=O)N(C)OC)C(=O)N3)c(Cl)c(OC([2H])([2H])[2H])c1OC([2H])([2H])[2H]. The standard InChI is InChI=1S/C32H35ClN4O9/c1-16-9-17(2)11-18(10-16)46-24-12-19-21(34-31(40)23(36(3)32(19)41)15-26(38)37(4)45-8)14-22(24)35-30(39)20-13-25(42-5)28(43-6)29(44-7)27(20)33/h9-14,23H,15H2,1-8H3,(H,34,40)(H,35,39)/t23-/m0/s1/i5D3,6D3,7D3. The van der Waals surface area contributed by atoms with E-state index in [1.54, 1.807) is 26.0 Å². The van der Waals surface area contributed by atoms with Gasteiger partial charge in [-0.15, -0.1) is 0 Å². The minimum atomic E-state index is -3.33. The van der Waals surface area contributed by atoms with Crippen molar-refractivity contribution in [3.8, 4) is 28.7 Å². The Morgan fingerprint density at radius 3 is 2.33 bits per heavy atom. The molecule has 14 heteroatoms. The Hall–Kier alpha value is -5.01. The van der Waals surface area contributed by atoms with Gasteiger partial charge in [0.05, 0.1) is 74.5 Å². The lowest BCUT2D eigenvalue weighted by Gasteiger charge is -2.25. The van der Waals surface area contributed by atoms with Crippen LogP contribution in [-0.2, 0) is 14.4 Å². The predicted octanol–water partition coefficient (Wildman–Crippen LogP) is 4.83. The average Bonchev–Trinajstić information content (AvgIpc) is 3.11. The molecule has 0 aliphatic carbocycles. The summed E-state index contributed by atoms with van der Waals surface area (Å²) in [6.45, 7) is 3.60. The van der Waals surface area contributed by atoms with Gasteiger partial charge in [-0.1, -0.05) is 17.7 Å². The number of hydrogen-bond donors (Lipinski definition) is 2. The van der Waals surface area contributed by atoms with Gasteiger partial charge in [0.2, 0.25) is 17.6 Å². The monoisotopic (exact) mass is 663 g/mol. The van der Waals surface area contributed by atoms with Crippen LogP contribution in [0.1, 0.15) is 50.6 Å². The van der Waals surface area contributed by atoms with Crippen LogP contribution in [0, 0.1) is 13.8 Å². The van der Waals surface area contributed by atoms with Gasteiger partial charge in [-0.25, -0.2) is 5.06 Å². The zero-order chi connectivity index (χ0) is 41.4. The Labute approximate surface area is 283 Å². The summed E-state index contributed by atoms with van der Waals surface area (Å²) in [5.74, 6) is -6.21. The van der Waals surface area contributed by atoms with Gasteiger partial charge in [-0.3, -0.25) is 24.0 Å². The van der Waals surface area contributed by atoms with Gasteiger partial charge < -0.3 is 34.5 Å². The number of amides is 4. The summed E-state index contributed by atoms with van der Waals surface area (Å²) in [6.07, 6.45) is -0.455. The number of hydroxylamine groups is 2. The molecule has 0 unspecified atom stereocenters. The maximum atomic E-state index is 14.1. The molecule has 0 saturated heterocycles. The Bertz CT molecular complexity index is 2000. The number of halogens is 1. The number of hydrogen-bond acceptors (Lipinski definition) is 9. The van der Waals surface area contributed by atoms with E-state index in [0.29, 0.717) is 6.07 Å². The van der Waals surface area contributed by atoms with Gasteiger partial charge in [0, 0.05) is 14.1 Å².